The van der Waals surface area contributed by atoms with Gasteiger partial charge in [0.2, 0.25) is 0 Å². The number of hydrogen-bond donors (Lipinski definition) is 0. The number of benzene rings is 3. The molecule has 0 fully saturated rings. The normalized spacial score (nSPS) is 11.0. The summed E-state index contributed by atoms with van der Waals surface area (Å²) in [5, 5.41) is 3.17. The highest BCUT2D eigenvalue weighted by Gasteiger charge is 2.11. The summed E-state index contributed by atoms with van der Waals surface area (Å²) in [5.74, 6) is 0.773. The quantitative estimate of drug-likeness (QED) is 0.411. The van der Waals surface area contributed by atoms with E-state index in [9.17, 15) is 4.79 Å². The lowest BCUT2D eigenvalue weighted by atomic mass is 10.0. The molecular weight excluding hydrogens is 300 g/mol. The number of ether oxygens (including phenoxy) is 1. The second-order valence-electron chi connectivity index (χ2n) is 5.75. The number of fused-ring (bicyclic) bond motifs is 3. The summed E-state index contributed by atoms with van der Waals surface area (Å²) in [6.07, 6.45) is 0.478. The Bertz CT molecular complexity index is 1090. The molecule has 0 saturated heterocycles. The van der Waals surface area contributed by atoms with E-state index >= 15 is 0 Å². The number of rotatable bonds is 3. The summed E-state index contributed by atoms with van der Waals surface area (Å²) < 4.78 is 10.9. The molecule has 0 aliphatic rings. The summed E-state index contributed by atoms with van der Waals surface area (Å²) in [4.78, 5) is 12.4. The molecule has 3 heteroatoms. The van der Waals surface area contributed by atoms with Gasteiger partial charge in [-0.15, -0.1) is 0 Å². The summed E-state index contributed by atoms with van der Waals surface area (Å²) in [6, 6.07) is 21.6. The number of para-hydroxylation sites is 1. The molecule has 4 rings (SSSR count). The molecule has 0 amide bonds. The Labute approximate surface area is 139 Å². The van der Waals surface area contributed by atoms with Crippen LogP contribution in [-0.4, -0.2) is 7.11 Å². The van der Waals surface area contributed by atoms with Gasteiger partial charge in [0, 0.05) is 17.4 Å². The third-order valence-corrected chi connectivity index (χ3v) is 4.29. The molecule has 0 spiro atoms. The molecule has 0 saturated carbocycles. The first-order valence-electron chi connectivity index (χ1n) is 7.82. The van der Waals surface area contributed by atoms with Crippen molar-refractivity contribution in [2.24, 2.45) is 0 Å². The molecule has 0 bridgehead atoms. The zero-order chi connectivity index (χ0) is 16.5. The van der Waals surface area contributed by atoms with Crippen LogP contribution in [0.3, 0.4) is 0 Å². The smallest absolute Gasteiger partial charge is 0.339 e. The van der Waals surface area contributed by atoms with Crippen molar-refractivity contribution in [1.29, 1.82) is 0 Å². The summed E-state index contributed by atoms with van der Waals surface area (Å²) >= 11 is 0. The van der Waals surface area contributed by atoms with E-state index in [1.807, 2.05) is 60.7 Å². The lowest BCUT2D eigenvalue weighted by Crippen LogP contribution is -2.08. The molecule has 0 radical (unpaired) electrons. The van der Waals surface area contributed by atoms with Crippen LogP contribution >= 0.6 is 0 Å². The zero-order valence-corrected chi connectivity index (χ0v) is 13.3. The first-order chi connectivity index (χ1) is 11.8. The molecule has 0 N–H and O–H groups in total. The average molecular weight is 316 g/mol. The molecule has 0 aliphatic heterocycles. The van der Waals surface area contributed by atoms with Crippen LogP contribution in [0.2, 0.25) is 0 Å². The van der Waals surface area contributed by atoms with E-state index in [1.165, 1.54) is 0 Å². The summed E-state index contributed by atoms with van der Waals surface area (Å²) in [7, 11) is 1.63. The van der Waals surface area contributed by atoms with E-state index in [2.05, 4.69) is 6.07 Å². The Morgan fingerprint density at radius 1 is 0.875 bits per heavy atom. The largest absolute Gasteiger partial charge is 0.496 e. The van der Waals surface area contributed by atoms with Gasteiger partial charge in [0.1, 0.15) is 11.3 Å². The van der Waals surface area contributed by atoms with Crippen LogP contribution in [-0.2, 0) is 6.42 Å². The predicted octanol–water partition coefficient (Wildman–Crippen LogP) is 4.55. The van der Waals surface area contributed by atoms with Gasteiger partial charge in [-0.2, -0.15) is 0 Å². The third kappa shape index (κ3) is 2.44. The molecule has 118 valence electrons. The molecule has 1 aromatic heterocycles. The van der Waals surface area contributed by atoms with E-state index in [0.717, 1.165) is 27.5 Å². The first-order valence-corrected chi connectivity index (χ1v) is 7.82. The lowest BCUT2D eigenvalue weighted by molar-refractivity contribution is 0.410. The topological polar surface area (TPSA) is 39.4 Å². The second kappa shape index (κ2) is 5.85. The van der Waals surface area contributed by atoms with Gasteiger partial charge in [-0.05, 0) is 34.5 Å². The van der Waals surface area contributed by atoms with Crippen molar-refractivity contribution in [3.63, 3.8) is 0 Å². The minimum atomic E-state index is -0.302. The van der Waals surface area contributed by atoms with Crippen LogP contribution in [0.15, 0.2) is 75.9 Å². The molecule has 0 unspecified atom stereocenters. The maximum Gasteiger partial charge on any atom is 0.339 e. The van der Waals surface area contributed by atoms with Gasteiger partial charge in [0.25, 0.3) is 0 Å². The summed E-state index contributed by atoms with van der Waals surface area (Å²) in [5.41, 5.74) is 1.90. The molecule has 4 aromatic rings. The van der Waals surface area contributed by atoms with Crippen molar-refractivity contribution in [3.8, 4) is 5.75 Å². The van der Waals surface area contributed by atoms with Gasteiger partial charge in [-0.3, -0.25) is 0 Å². The van der Waals surface area contributed by atoms with E-state index < -0.39 is 0 Å². The Balaban J connectivity index is 1.91. The SMILES string of the molecule is COc1ccccc1Cc1cc2c(ccc3ccccc32)oc1=O. The van der Waals surface area contributed by atoms with E-state index in [4.69, 9.17) is 9.15 Å². The predicted molar refractivity (Wildman–Crippen MR) is 95.8 cm³/mol. The fraction of sp³-hybridized carbons (Fsp3) is 0.0952. The van der Waals surface area contributed by atoms with Crippen LogP contribution in [0, 0.1) is 0 Å². The standard InChI is InChI=1S/C21H16O3/c1-23-19-9-5-3-7-15(19)12-16-13-18-17-8-4-2-6-14(17)10-11-20(18)24-21(16)22/h2-11,13H,12H2,1H3. The van der Waals surface area contributed by atoms with E-state index in [-0.39, 0.29) is 5.63 Å². The second-order valence-corrected chi connectivity index (χ2v) is 5.75. The Morgan fingerprint density at radius 2 is 1.67 bits per heavy atom. The Morgan fingerprint density at radius 3 is 2.54 bits per heavy atom. The highest BCUT2D eigenvalue weighted by molar-refractivity contribution is 6.05. The van der Waals surface area contributed by atoms with Gasteiger partial charge >= 0.3 is 5.63 Å². The summed E-state index contributed by atoms with van der Waals surface area (Å²) in [6.45, 7) is 0. The third-order valence-electron chi connectivity index (χ3n) is 4.29. The van der Waals surface area contributed by atoms with Crippen molar-refractivity contribution < 1.29 is 9.15 Å². The molecule has 3 nitrogen and oxygen atoms in total. The van der Waals surface area contributed by atoms with Crippen molar-refractivity contribution in [2.45, 2.75) is 6.42 Å². The molecule has 1 heterocycles. The molecule has 3 aromatic carbocycles. The van der Waals surface area contributed by atoms with Crippen molar-refractivity contribution in [2.75, 3.05) is 7.11 Å². The maximum atomic E-state index is 12.4. The minimum Gasteiger partial charge on any atom is -0.496 e. The highest BCUT2D eigenvalue weighted by atomic mass is 16.5. The molecular formula is C21H16O3. The molecule has 0 aliphatic carbocycles. The van der Waals surface area contributed by atoms with Crippen LogP contribution in [0.5, 0.6) is 5.75 Å². The van der Waals surface area contributed by atoms with Crippen LogP contribution in [0.4, 0.5) is 0 Å². The van der Waals surface area contributed by atoms with Crippen molar-refractivity contribution in [1.82, 2.24) is 0 Å². The van der Waals surface area contributed by atoms with E-state index in [1.54, 1.807) is 7.11 Å². The number of hydrogen-bond acceptors (Lipinski definition) is 3. The van der Waals surface area contributed by atoms with Crippen LogP contribution in [0.1, 0.15) is 11.1 Å². The molecule has 0 atom stereocenters. The van der Waals surface area contributed by atoms with Gasteiger partial charge in [0.05, 0.1) is 7.11 Å². The van der Waals surface area contributed by atoms with Crippen LogP contribution in [0.25, 0.3) is 21.7 Å². The average Bonchev–Trinajstić information content (AvgIpc) is 2.63. The molecule has 24 heavy (non-hydrogen) atoms. The Kier molecular flexibility index (Phi) is 3.54. The van der Waals surface area contributed by atoms with Gasteiger partial charge in [-0.25, -0.2) is 4.79 Å². The fourth-order valence-corrected chi connectivity index (χ4v) is 3.09. The van der Waals surface area contributed by atoms with E-state index in [0.29, 0.717) is 17.6 Å². The van der Waals surface area contributed by atoms with Gasteiger partial charge in [-0.1, -0.05) is 48.5 Å². The van der Waals surface area contributed by atoms with Crippen molar-refractivity contribution in [3.05, 3.63) is 88.3 Å². The monoisotopic (exact) mass is 316 g/mol. The van der Waals surface area contributed by atoms with Gasteiger partial charge < -0.3 is 9.15 Å². The van der Waals surface area contributed by atoms with Gasteiger partial charge in [0.15, 0.2) is 0 Å². The lowest BCUT2D eigenvalue weighted by Gasteiger charge is -2.09. The zero-order valence-electron chi connectivity index (χ0n) is 13.3. The maximum absolute atomic E-state index is 12.4. The fourth-order valence-electron chi connectivity index (χ4n) is 3.09. The number of methoxy groups -OCH3 is 1. The highest BCUT2D eigenvalue weighted by Crippen LogP contribution is 2.26. The van der Waals surface area contributed by atoms with Crippen LogP contribution < -0.4 is 10.4 Å². The Hall–Kier alpha value is -3.07. The van der Waals surface area contributed by atoms with Crippen molar-refractivity contribution >= 4 is 21.7 Å². The first kappa shape index (κ1) is 14.5. The minimum absolute atomic E-state index is 0.302.